The Labute approximate surface area is 125 Å². The molecule has 2 aromatic rings. The maximum absolute atomic E-state index is 12.8. The van der Waals surface area contributed by atoms with Crippen molar-refractivity contribution in [1.29, 1.82) is 0 Å². The fraction of sp³-hybridized carbons (Fsp3) is 0.176. The van der Waals surface area contributed by atoms with Gasteiger partial charge in [0.2, 0.25) is 0 Å². The molecule has 0 spiro atoms. The Balaban J connectivity index is 1.99. The standard InChI is InChI=1S/C17H17NO2S/c1-18(16-9-3-2-4-10-16)21(19,20)17-12-11-14-7-5-6-8-15(14)13-17/h2-10,13H,11-12H2,1H3. The van der Waals surface area contributed by atoms with Gasteiger partial charge in [-0.05, 0) is 42.2 Å². The molecule has 0 amide bonds. The van der Waals surface area contributed by atoms with Crippen LogP contribution in [0.3, 0.4) is 0 Å². The summed E-state index contributed by atoms with van der Waals surface area (Å²) in [4.78, 5) is 0.479. The van der Waals surface area contributed by atoms with Crippen LogP contribution in [0.15, 0.2) is 59.5 Å². The van der Waals surface area contributed by atoms with Crippen molar-refractivity contribution in [3.63, 3.8) is 0 Å². The van der Waals surface area contributed by atoms with Crippen LogP contribution in [-0.4, -0.2) is 15.5 Å². The van der Waals surface area contributed by atoms with Crippen molar-refractivity contribution in [1.82, 2.24) is 0 Å². The Morgan fingerprint density at radius 3 is 2.33 bits per heavy atom. The second kappa shape index (κ2) is 5.37. The van der Waals surface area contributed by atoms with Gasteiger partial charge in [-0.3, -0.25) is 4.31 Å². The lowest BCUT2D eigenvalue weighted by Gasteiger charge is -2.23. The molecule has 0 atom stereocenters. The predicted octanol–water partition coefficient (Wildman–Crippen LogP) is 3.44. The van der Waals surface area contributed by atoms with Gasteiger partial charge in [-0.15, -0.1) is 0 Å². The number of aryl methyl sites for hydroxylation is 1. The monoisotopic (exact) mass is 299 g/mol. The van der Waals surface area contributed by atoms with E-state index in [2.05, 4.69) is 6.07 Å². The van der Waals surface area contributed by atoms with Crippen molar-refractivity contribution in [2.45, 2.75) is 12.8 Å². The molecular formula is C17H17NO2S. The van der Waals surface area contributed by atoms with Crippen LogP contribution in [0.4, 0.5) is 5.69 Å². The Morgan fingerprint density at radius 1 is 0.905 bits per heavy atom. The molecule has 0 aromatic heterocycles. The average Bonchev–Trinajstić information content (AvgIpc) is 2.54. The molecular weight excluding hydrogens is 282 g/mol. The fourth-order valence-electron chi connectivity index (χ4n) is 2.56. The van der Waals surface area contributed by atoms with Gasteiger partial charge >= 0.3 is 0 Å². The third-order valence-electron chi connectivity index (χ3n) is 3.82. The number of para-hydroxylation sites is 1. The number of rotatable bonds is 3. The summed E-state index contributed by atoms with van der Waals surface area (Å²) in [6.07, 6.45) is 3.12. The number of hydrogen-bond donors (Lipinski definition) is 0. The van der Waals surface area contributed by atoms with E-state index in [1.807, 2.05) is 36.4 Å². The highest BCUT2D eigenvalue weighted by molar-refractivity contribution is 7.96. The number of hydrogen-bond acceptors (Lipinski definition) is 2. The zero-order valence-corrected chi connectivity index (χ0v) is 12.7. The molecule has 0 bridgehead atoms. The van der Waals surface area contributed by atoms with Gasteiger partial charge in [0, 0.05) is 7.05 Å². The lowest BCUT2D eigenvalue weighted by atomic mass is 9.98. The SMILES string of the molecule is CN(c1ccccc1)S(=O)(=O)C1=Cc2ccccc2CC1. The number of benzene rings is 2. The smallest absolute Gasteiger partial charge is 0.260 e. The van der Waals surface area contributed by atoms with Gasteiger partial charge in [0.1, 0.15) is 0 Å². The molecule has 0 fully saturated rings. The molecule has 0 radical (unpaired) electrons. The van der Waals surface area contributed by atoms with Gasteiger partial charge in [-0.1, -0.05) is 42.5 Å². The maximum Gasteiger partial charge on any atom is 0.260 e. The Morgan fingerprint density at radius 2 is 1.57 bits per heavy atom. The van der Waals surface area contributed by atoms with Gasteiger partial charge in [0.05, 0.1) is 10.6 Å². The predicted molar refractivity (Wildman–Crippen MR) is 86.5 cm³/mol. The van der Waals surface area contributed by atoms with Crippen molar-refractivity contribution in [2.75, 3.05) is 11.4 Å². The number of fused-ring (bicyclic) bond motifs is 1. The molecule has 0 saturated carbocycles. The number of allylic oxidation sites excluding steroid dienone is 1. The van der Waals surface area contributed by atoms with Crippen LogP contribution in [0.5, 0.6) is 0 Å². The van der Waals surface area contributed by atoms with Gasteiger partial charge in [0.25, 0.3) is 10.0 Å². The van der Waals surface area contributed by atoms with E-state index in [0.29, 0.717) is 17.0 Å². The summed E-state index contributed by atoms with van der Waals surface area (Å²) in [6, 6.07) is 17.1. The number of sulfonamides is 1. The van der Waals surface area contributed by atoms with Crippen LogP contribution in [0.25, 0.3) is 6.08 Å². The van der Waals surface area contributed by atoms with Crippen LogP contribution in [-0.2, 0) is 16.4 Å². The van der Waals surface area contributed by atoms with E-state index in [0.717, 1.165) is 12.0 Å². The highest BCUT2D eigenvalue weighted by Gasteiger charge is 2.26. The molecule has 0 heterocycles. The molecule has 1 aliphatic rings. The summed E-state index contributed by atoms with van der Waals surface area (Å²) >= 11 is 0. The van der Waals surface area contributed by atoms with Crippen molar-refractivity contribution in [3.8, 4) is 0 Å². The molecule has 2 aromatic carbocycles. The topological polar surface area (TPSA) is 37.4 Å². The van der Waals surface area contributed by atoms with Crippen LogP contribution in [0, 0.1) is 0 Å². The lowest BCUT2D eigenvalue weighted by Crippen LogP contribution is -2.28. The molecule has 0 aliphatic heterocycles. The molecule has 3 nitrogen and oxygen atoms in total. The molecule has 4 heteroatoms. The maximum atomic E-state index is 12.8. The third-order valence-corrected chi connectivity index (χ3v) is 5.74. The van der Waals surface area contributed by atoms with Crippen molar-refractivity contribution in [3.05, 3.63) is 70.6 Å². The first-order valence-electron chi connectivity index (χ1n) is 6.91. The van der Waals surface area contributed by atoms with E-state index in [4.69, 9.17) is 0 Å². The first kappa shape index (κ1) is 13.9. The van der Waals surface area contributed by atoms with Gasteiger partial charge in [-0.2, -0.15) is 0 Å². The summed E-state index contributed by atoms with van der Waals surface area (Å²) in [5.74, 6) is 0. The average molecular weight is 299 g/mol. The summed E-state index contributed by atoms with van der Waals surface area (Å²) in [7, 11) is -1.86. The number of nitrogens with zero attached hydrogens (tertiary/aromatic N) is 1. The van der Waals surface area contributed by atoms with Crippen molar-refractivity contribution >= 4 is 21.8 Å². The minimum atomic E-state index is -3.46. The summed E-state index contributed by atoms with van der Waals surface area (Å²) in [5.41, 5.74) is 2.89. The van der Waals surface area contributed by atoms with Crippen LogP contribution in [0.2, 0.25) is 0 Å². The van der Waals surface area contributed by atoms with Crippen LogP contribution >= 0.6 is 0 Å². The van der Waals surface area contributed by atoms with E-state index >= 15 is 0 Å². The number of anilines is 1. The largest absolute Gasteiger partial charge is 0.270 e. The first-order chi connectivity index (χ1) is 10.1. The zero-order valence-electron chi connectivity index (χ0n) is 11.9. The summed E-state index contributed by atoms with van der Waals surface area (Å²) in [5, 5.41) is 0. The molecule has 108 valence electrons. The molecule has 0 saturated heterocycles. The van der Waals surface area contributed by atoms with Gasteiger partial charge in [-0.25, -0.2) is 8.42 Å². The van der Waals surface area contributed by atoms with Gasteiger partial charge < -0.3 is 0 Å². The quantitative estimate of drug-likeness (QED) is 0.870. The van der Waals surface area contributed by atoms with E-state index < -0.39 is 10.0 Å². The van der Waals surface area contributed by atoms with E-state index in [9.17, 15) is 8.42 Å². The van der Waals surface area contributed by atoms with Crippen LogP contribution < -0.4 is 4.31 Å². The molecule has 21 heavy (non-hydrogen) atoms. The highest BCUT2D eigenvalue weighted by Crippen LogP contribution is 2.30. The second-order valence-electron chi connectivity index (χ2n) is 5.12. The minimum Gasteiger partial charge on any atom is -0.270 e. The first-order valence-corrected chi connectivity index (χ1v) is 8.35. The molecule has 1 aliphatic carbocycles. The molecule has 0 N–H and O–H groups in total. The third kappa shape index (κ3) is 2.59. The molecule has 0 unspecified atom stereocenters. The summed E-state index contributed by atoms with van der Waals surface area (Å²) < 4.78 is 26.9. The molecule has 3 rings (SSSR count). The fourth-order valence-corrected chi connectivity index (χ4v) is 3.95. The van der Waals surface area contributed by atoms with E-state index in [1.54, 1.807) is 25.3 Å². The second-order valence-corrected chi connectivity index (χ2v) is 7.14. The normalized spacial score (nSPS) is 14.2. The van der Waals surface area contributed by atoms with E-state index in [-0.39, 0.29) is 0 Å². The van der Waals surface area contributed by atoms with Crippen molar-refractivity contribution < 1.29 is 8.42 Å². The Kier molecular flexibility index (Phi) is 3.55. The zero-order chi connectivity index (χ0) is 14.9. The van der Waals surface area contributed by atoms with Crippen LogP contribution in [0.1, 0.15) is 17.5 Å². The lowest BCUT2D eigenvalue weighted by molar-refractivity contribution is 0.598. The Hall–Kier alpha value is -2.07. The Bertz CT molecular complexity index is 779. The van der Waals surface area contributed by atoms with Crippen molar-refractivity contribution in [2.24, 2.45) is 0 Å². The highest BCUT2D eigenvalue weighted by atomic mass is 32.2. The van der Waals surface area contributed by atoms with E-state index in [1.165, 1.54) is 9.87 Å². The van der Waals surface area contributed by atoms with Gasteiger partial charge in [0.15, 0.2) is 0 Å². The minimum absolute atomic E-state index is 0.479. The summed E-state index contributed by atoms with van der Waals surface area (Å²) in [6.45, 7) is 0.